The monoisotopic (exact) mass is 206 g/mol. The molecule has 15 heavy (non-hydrogen) atoms. The van der Waals surface area contributed by atoms with Crippen LogP contribution in [0.25, 0.3) is 0 Å². The Hall–Kier alpha value is -1.68. The second kappa shape index (κ2) is 4.70. The van der Waals surface area contributed by atoms with Gasteiger partial charge in [0.1, 0.15) is 0 Å². The van der Waals surface area contributed by atoms with Gasteiger partial charge in [-0.2, -0.15) is 0 Å². The van der Waals surface area contributed by atoms with Crippen LogP contribution in [0.2, 0.25) is 0 Å². The molecule has 0 aromatic heterocycles. The van der Waals surface area contributed by atoms with E-state index >= 15 is 0 Å². The molecule has 0 saturated heterocycles. The van der Waals surface area contributed by atoms with Crippen molar-refractivity contribution in [2.75, 3.05) is 0 Å². The van der Waals surface area contributed by atoms with Gasteiger partial charge >= 0.3 is 0 Å². The van der Waals surface area contributed by atoms with Crippen LogP contribution in [0.3, 0.4) is 0 Å². The van der Waals surface area contributed by atoms with Gasteiger partial charge in [0, 0.05) is 18.2 Å². The summed E-state index contributed by atoms with van der Waals surface area (Å²) in [5.41, 5.74) is 7.69. The quantitative estimate of drug-likeness (QED) is 0.467. The van der Waals surface area contributed by atoms with Crippen molar-refractivity contribution in [2.24, 2.45) is 5.73 Å². The summed E-state index contributed by atoms with van der Waals surface area (Å²) in [4.78, 5) is 10.1. The molecule has 0 fully saturated rings. The zero-order valence-electron chi connectivity index (χ0n) is 8.64. The van der Waals surface area contributed by atoms with E-state index in [1.165, 1.54) is 12.1 Å². The van der Waals surface area contributed by atoms with Crippen LogP contribution in [-0.4, -0.2) is 4.92 Å². The molecular formula is C11H14N2O2. The second-order valence-electron chi connectivity index (χ2n) is 3.62. The van der Waals surface area contributed by atoms with Crippen molar-refractivity contribution < 1.29 is 4.92 Å². The van der Waals surface area contributed by atoms with Gasteiger partial charge in [0.2, 0.25) is 0 Å². The molecule has 1 aromatic rings. The van der Waals surface area contributed by atoms with Gasteiger partial charge in [-0.25, -0.2) is 0 Å². The number of hydrogen-bond acceptors (Lipinski definition) is 3. The number of nitrogens with zero attached hydrogens (tertiary/aromatic N) is 1. The maximum atomic E-state index is 10.5. The van der Waals surface area contributed by atoms with Gasteiger partial charge in [-0.05, 0) is 18.9 Å². The minimum absolute atomic E-state index is 0.0738. The molecule has 4 heteroatoms. The number of non-ortho nitro benzene ring substituents is 1. The third kappa shape index (κ3) is 3.18. The van der Waals surface area contributed by atoms with Crippen LogP contribution in [0, 0.1) is 10.1 Å². The number of nitro groups is 1. The van der Waals surface area contributed by atoms with E-state index in [4.69, 9.17) is 5.73 Å². The number of nitro benzene ring substituents is 1. The third-order valence-electron chi connectivity index (χ3n) is 2.08. The van der Waals surface area contributed by atoms with Crippen LogP contribution in [0.4, 0.5) is 5.69 Å². The highest BCUT2D eigenvalue weighted by molar-refractivity contribution is 5.36. The van der Waals surface area contributed by atoms with E-state index in [9.17, 15) is 10.1 Å². The summed E-state index contributed by atoms with van der Waals surface area (Å²) in [7, 11) is 0. The molecule has 0 radical (unpaired) electrons. The summed E-state index contributed by atoms with van der Waals surface area (Å²) < 4.78 is 0. The Kier molecular flexibility index (Phi) is 3.57. The lowest BCUT2D eigenvalue weighted by Crippen LogP contribution is -2.10. The lowest BCUT2D eigenvalue weighted by molar-refractivity contribution is -0.384. The largest absolute Gasteiger partial charge is 0.324 e. The third-order valence-corrected chi connectivity index (χ3v) is 2.08. The molecular weight excluding hydrogens is 192 g/mol. The summed E-state index contributed by atoms with van der Waals surface area (Å²) >= 11 is 0. The van der Waals surface area contributed by atoms with Crippen LogP contribution in [0.5, 0.6) is 0 Å². The van der Waals surface area contributed by atoms with Crippen molar-refractivity contribution in [3.05, 3.63) is 52.1 Å². The maximum Gasteiger partial charge on any atom is 0.269 e. The summed E-state index contributed by atoms with van der Waals surface area (Å²) in [5, 5.41) is 10.5. The van der Waals surface area contributed by atoms with Crippen LogP contribution in [0.15, 0.2) is 36.4 Å². The average Bonchev–Trinajstić information content (AvgIpc) is 2.17. The van der Waals surface area contributed by atoms with Gasteiger partial charge in [0.05, 0.1) is 4.92 Å². The average molecular weight is 206 g/mol. The first-order chi connectivity index (χ1) is 7.00. The van der Waals surface area contributed by atoms with Crippen LogP contribution in [-0.2, 0) is 0 Å². The van der Waals surface area contributed by atoms with E-state index in [1.807, 2.05) is 6.92 Å². The van der Waals surface area contributed by atoms with Crippen LogP contribution >= 0.6 is 0 Å². The molecule has 0 amide bonds. The fourth-order valence-electron chi connectivity index (χ4n) is 1.36. The van der Waals surface area contributed by atoms with Gasteiger partial charge in [0.15, 0.2) is 0 Å². The fourth-order valence-corrected chi connectivity index (χ4v) is 1.36. The van der Waals surface area contributed by atoms with Crippen molar-refractivity contribution in [2.45, 2.75) is 19.4 Å². The first-order valence-electron chi connectivity index (χ1n) is 4.65. The fraction of sp³-hybridized carbons (Fsp3) is 0.273. The Morgan fingerprint density at radius 1 is 1.67 bits per heavy atom. The first kappa shape index (κ1) is 11.4. The summed E-state index contributed by atoms with van der Waals surface area (Å²) in [6.45, 7) is 5.65. The van der Waals surface area contributed by atoms with E-state index in [0.29, 0.717) is 6.42 Å². The predicted molar refractivity (Wildman–Crippen MR) is 59.5 cm³/mol. The molecule has 2 N–H and O–H groups in total. The van der Waals surface area contributed by atoms with Crippen molar-refractivity contribution in [1.29, 1.82) is 0 Å². The number of hydrogen-bond donors (Lipinski definition) is 1. The van der Waals surface area contributed by atoms with Gasteiger partial charge in [-0.15, -0.1) is 6.58 Å². The Balaban J connectivity index is 2.89. The van der Waals surface area contributed by atoms with E-state index in [-0.39, 0.29) is 11.7 Å². The molecule has 0 bridgehead atoms. The molecule has 0 aliphatic carbocycles. The highest BCUT2D eigenvalue weighted by Crippen LogP contribution is 2.21. The van der Waals surface area contributed by atoms with E-state index in [0.717, 1.165) is 11.1 Å². The highest BCUT2D eigenvalue weighted by Gasteiger charge is 2.10. The van der Waals surface area contributed by atoms with Gasteiger partial charge < -0.3 is 5.73 Å². The lowest BCUT2D eigenvalue weighted by Gasteiger charge is -2.11. The number of benzene rings is 1. The van der Waals surface area contributed by atoms with Crippen molar-refractivity contribution in [1.82, 2.24) is 0 Å². The van der Waals surface area contributed by atoms with Crippen molar-refractivity contribution in [3.63, 3.8) is 0 Å². The smallest absolute Gasteiger partial charge is 0.269 e. The highest BCUT2D eigenvalue weighted by atomic mass is 16.6. The normalized spacial score (nSPS) is 12.1. The topological polar surface area (TPSA) is 69.2 Å². The summed E-state index contributed by atoms with van der Waals surface area (Å²) in [6.07, 6.45) is 0.640. The zero-order valence-corrected chi connectivity index (χ0v) is 8.64. The van der Waals surface area contributed by atoms with Gasteiger partial charge in [0.25, 0.3) is 5.69 Å². The molecule has 0 saturated carbocycles. The van der Waals surface area contributed by atoms with E-state index in [2.05, 4.69) is 6.58 Å². The summed E-state index contributed by atoms with van der Waals surface area (Å²) in [5.74, 6) is 0. The minimum Gasteiger partial charge on any atom is -0.324 e. The predicted octanol–water partition coefficient (Wildman–Crippen LogP) is 2.56. The molecule has 0 aliphatic heterocycles. The lowest BCUT2D eigenvalue weighted by atomic mass is 10.0. The van der Waals surface area contributed by atoms with Crippen molar-refractivity contribution >= 4 is 5.69 Å². The molecule has 80 valence electrons. The molecule has 0 heterocycles. The van der Waals surface area contributed by atoms with Crippen LogP contribution < -0.4 is 5.73 Å². The molecule has 0 spiro atoms. The molecule has 0 aliphatic rings. The maximum absolute atomic E-state index is 10.5. The standard InChI is InChI=1S/C11H14N2O2/c1-8(2)6-11(12)9-4-3-5-10(7-9)13(14)15/h3-5,7,11H,1,6,12H2,2H3/t11-/m0/s1. The Morgan fingerprint density at radius 2 is 2.33 bits per heavy atom. The minimum atomic E-state index is -0.420. The molecule has 1 rings (SSSR count). The van der Waals surface area contributed by atoms with E-state index in [1.54, 1.807) is 12.1 Å². The number of nitrogens with two attached hydrogens (primary N) is 1. The van der Waals surface area contributed by atoms with E-state index < -0.39 is 4.92 Å². The molecule has 0 unspecified atom stereocenters. The van der Waals surface area contributed by atoms with Crippen molar-refractivity contribution in [3.8, 4) is 0 Å². The zero-order chi connectivity index (χ0) is 11.4. The number of rotatable bonds is 4. The second-order valence-corrected chi connectivity index (χ2v) is 3.62. The van der Waals surface area contributed by atoms with Gasteiger partial charge in [-0.3, -0.25) is 10.1 Å². The summed E-state index contributed by atoms with van der Waals surface area (Å²) in [6, 6.07) is 6.18. The Labute approximate surface area is 88.6 Å². The van der Waals surface area contributed by atoms with Crippen LogP contribution in [0.1, 0.15) is 24.9 Å². The Morgan fingerprint density at radius 3 is 2.87 bits per heavy atom. The molecule has 4 nitrogen and oxygen atoms in total. The van der Waals surface area contributed by atoms with Gasteiger partial charge in [-0.1, -0.05) is 17.7 Å². The first-order valence-corrected chi connectivity index (χ1v) is 4.65. The SMILES string of the molecule is C=C(C)C[C@H](N)c1cccc([N+](=O)[O-])c1. The Bertz CT molecular complexity index is 388. The molecule has 1 aromatic carbocycles. The molecule has 1 atom stereocenters.